The van der Waals surface area contributed by atoms with Gasteiger partial charge in [0.2, 0.25) is 0 Å². The third-order valence-electron chi connectivity index (χ3n) is 8.80. The van der Waals surface area contributed by atoms with Gasteiger partial charge in [-0.05, 0) is 25.9 Å². The molecule has 0 aromatic rings. The van der Waals surface area contributed by atoms with Crippen LogP contribution in [-0.4, -0.2) is 176 Å². The molecule has 4 aliphatic rings. The standard InChI is InChI=1S/C25H48N6O13/c26-2-1-3-30-6-10-15(34)17(36)18(37)23(41-10)43-20-8(27)4-9(31-24(39)25(40)5-12(25)28)21(19(20)38)44-22-16(35)13(29)14(33)11(7-32)42-22/h8-23,30,32-38,40H,1-7,26-29H2,(H,31,39)/t8-,9+,10+,11+,12?,13-,14+,15+,16+,17-,18+,19-,20?,21-,22+,23+,25?/m0/s1. The Balaban J connectivity index is 1.53. The smallest absolute Gasteiger partial charge is 0.253 e. The minimum Gasteiger partial charge on any atom is -0.394 e. The molecule has 44 heavy (non-hydrogen) atoms. The molecule has 2 aliphatic carbocycles. The van der Waals surface area contributed by atoms with Gasteiger partial charge in [0.1, 0.15) is 61.0 Å². The minimum atomic E-state index is -1.84. The molecule has 256 valence electrons. The lowest BCUT2D eigenvalue weighted by atomic mass is 9.83. The molecule has 19 nitrogen and oxygen atoms in total. The summed E-state index contributed by atoms with van der Waals surface area (Å²) in [7, 11) is 0. The highest BCUT2D eigenvalue weighted by molar-refractivity contribution is 5.89. The monoisotopic (exact) mass is 640 g/mol. The summed E-state index contributed by atoms with van der Waals surface area (Å²) >= 11 is 0. The molecule has 0 aromatic carbocycles. The highest BCUT2D eigenvalue weighted by atomic mass is 16.7. The Morgan fingerprint density at radius 3 is 2.09 bits per heavy atom. The molecule has 2 aliphatic heterocycles. The first-order valence-electron chi connectivity index (χ1n) is 14.8. The van der Waals surface area contributed by atoms with Gasteiger partial charge in [-0.25, -0.2) is 0 Å². The number of carbonyl (C=O) groups is 1. The van der Waals surface area contributed by atoms with Gasteiger partial charge in [-0.3, -0.25) is 4.79 Å². The second kappa shape index (κ2) is 14.7. The molecule has 4 fully saturated rings. The first kappa shape index (κ1) is 35.6. The predicted octanol–water partition coefficient (Wildman–Crippen LogP) is -8.69. The predicted molar refractivity (Wildman–Crippen MR) is 147 cm³/mol. The molecule has 1 amide bonds. The lowest BCUT2D eigenvalue weighted by Gasteiger charge is -2.49. The summed E-state index contributed by atoms with van der Waals surface area (Å²) in [6.07, 6.45) is -17.5. The minimum absolute atomic E-state index is 0.000123. The fraction of sp³-hybridized carbons (Fsp3) is 0.960. The molecule has 0 radical (unpaired) electrons. The van der Waals surface area contributed by atoms with Crippen LogP contribution in [-0.2, 0) is 23.7 Å². The van der Waals surface area contributed by atoms with Gasteiger partial charge in [0.05, 0.1) is 18.7 Å². The Labute approximate surface area is 253 Å². The van der Waals surface area contributed by atoms with Gasteiger partial charge < -0.3 is 93.4 Å². The average molecular weight is 641 g/mol. The molecule has 3 unspecified atom stereocenters. The van der Waals surface area contributed by atoms with Gasteiger partial charge >= 0.3 is 0 Å². The summed E-state index contributed by atoms with van der Waals surface area (Å²) in [5.74, 6) is -0.846. The summed E-state index contributed by atoms with van der Waals surface area (Å²) in [6.45, 7) is 0.324. The summed E-state index contributed by atoms with van der Waals surface area (Å²) in [5, 5.41) is 89.6. The van der Waals surface area contributed by atoms with Gasteiger partial charge in [0, 0.05) is 25.0 Å². The van der Waals surface area contributed by atoms with Crippen LogP contribution in [0.4, 0.5) is 0 Å². The molecule has 2 saturated carbocycles. The zero-order valence-corrected chi connectivity index (χ0v) is 24.1. The van der Waals surface area contributed by atoms with E-state index in [1.165, 1.54) is 0 Å². The maximum atomic E-state index is 12.9. The van der Waals surface area contributed by atoms with Crippen molar-refractivity contribution < 1.29 is 64.6 Å². The van der Waals surface area contributed by atoms with Crippen molar-refractivity contribution in [1.82, 2.24) is 10.6 Å². The number of hydrogen-bond acceptors (Lipinski definition) is 18. The Morgan fingerprint density at radius 1 is 0.864 bits per heavy atom. The SMILES string of the molecule is NCCCNC[C@H]1O[C@H](OC2[C@@H](N)C[C@@H](NC(=O)C3(O)CC3N)[C@H](O[C@H]3O[C@H](CO)[C@@H](O)[C@H](N)[C@H]3O)[C@H]2O)[C@H](O)[C@@H](O)[C@@H]1O. The number of amides is 1. The Kier molecular flexibility index (Phi) is 11.9. The Bertz CT molecular complexity index is 958. The number of carbonyl (C=O) groups excluding carboxylic acids is 1. The maximum Gasteiger partial charge on any atom is 0.253 e. The van der Waals surface area contributed by atoms with E-state index in [2.05, 4.69) is 10.6 Å². The van der Waals surface area contributed by atoms with Crippen molar-refractivity contribution in [2.24, 2.45) is 22.9 Å². The van der Waals surface area contributed by atoms with Crippen molar-refractivity contribution in [2.75, 3.05) is 26.2 Å². The highest BCUT2D eigenvalue weighted by Crippen LogP contribution is 2.36. The van der Waals surface area contributed by atoms with Crippen LogP contribution in [0.5, 0.6) is 0 Å². The van der Waals surface area contributed by atoms with Crippen LogP contribution < -0.4 is 33.6 Å². The van der Waals surface area contributed by atoms with Crippen molar-refractivity contribution in [3.63, 3.8) is 0 Å². The van der Waals surface area contributed by atoms with Crippen LogP contribution in [0.2, 0.25) is 0 Å². The van der Waals surface area contributed by atoms with Crippen molar-refractivity contribution in [2.45, 2.75) is 123 Å². The first-order chi connectivity index (χ1) is 20.7. The van der Waals surface area contributed by atoms with Crippen molar-refractivity contribution in [3.8, 4) is 0 Å². The van der Waals surface area contributed by atoms with Crippen LogP contribution in [0.3, 0.4) is 0 Å². The summed E-state index contributed by atoms with van der Waals surface area (Å²) in [6, 6.07) is -4.28. The topological polar surface area (TPSA) is 344 Å². The van der Waals surface area contributed by atoms with Crippen LogP contribution in [0.25, 0.3) is 0 Å². The van der Waals surface area contributed by atoms with E-state index < -0.39 is 116 Å². The number of rotatable bonds is 12. The molecule has 0 spiro atoms. The molecule has 4 rings (SSSR count). The lowest BCUT2D eigenvalue weighted by molar-refractivity contribution is -0.333. The fourth-order valence-electron chi connectivity index (χ4n) is 5.78. The number of ether oxygens (including phenoxy) is 4. The van der Waals surface area contributed by atoms with E-state index in [1.54, 1.807) is 0 Å². The van der Waals surface area contributed by atoms with Gasteiger partial charge in [0.15, 0.2) is 18.2 Å². The number of nitrogens with one attached hydrogen (secondary N) is 2. The molecule has 2 saturated heterocycles. The van der Waals surface area contributed by atoms with E-state index in [0.717, 1.165) is 0 Å². The zero-order chi connectivity index (χ0) is 32.5. The van der Waals surface area contributed by atoms with Gasteiger partial charge in [0.25, 0.3) is 5.91 Å². The Morgan fingerprint density at radius 2 is 1.48 bits per heavy atom. The number of nitrogens with two attached hydrogens (primary N) is 4. The molecular weight excluding hydrogens is 592 g/mol. The van der Waals surface area contributed by atoms with E-state index in [1.807, 2.05) is 0 Å². The molecule has 19 heteroatoms. The van der Waals surface area contributed by atoms with Crippen molar-refractivity contribution in [1.29, 1.82) is 0 Å². The quantitative estimate of drug-likeness (QED) is 0.0880. The zero-order valence-electron chi connectivity index (χ0n) is 24.1. The molecule has 0 bridgehead atoms. The van der Waals surface area contributed by atoms with Gasteiger partial charge in [-0.2, -0.15) is 0 Å². The van der Waals surface area contributed by atoms with Crippen molar-refractivity contribution >= 4 is 5.91 Å². The average Bonchev–Trinajstić information content (AvgIpc) is 3.62. The third kappa shape index (κ3) is 7.34. The van der Waals surface area contributed by atoms with Crippen LogP contribution in [0.1, 0.15) is 19.3 Å². The second-order valence-corrected chi connectivity index (χ2v) is 12.1. The van der Waals surface area contributed by atoms with E-state index in [0.29, 0.717) is 19.5 Å². The first-order valence-corrected chi connectivity index (χ1v) is 14.8. The lowest BCUT2D eigenvalue weighted by Crippen LogP contribution is -2.69. The largest absolute Gasteiger partial charge is 0.394 e. The second-order valence-electron chi connectivity index (χ2n) is 12.1. The number of aliphatic hydroxyl groups excluding tert-OH is 7. The highest BCUT2D eigenvalue weighted by Gasteiger charge is 2.59. The van der Waals surface area contributed by atoms with Gasteiger partial charge in [-0.15, -0.1) is 0 Å². The molecule has 2 heterocycles. The Hall–Kier alpha value is -1.21. The van der Waals surface area contributed by atoms with E-state index in [-0.39, 0.29) is 19.4 Å². The normalized spacial score (nSPS) is 49.5. The third-order valence-corrected chi connectivity index (χ3v) is 8.80. The van der Waals surface area contributed by atoms with Crippen molar-refractivity contribution in [3.05, 3.63) is 0 Å². The van der Waals surface area contributed by atoms with Crippen LogP contribution in [0, 0.1) is 0 Å². The van der Waals surface area contributed by atoms with Crippen LogP contribution in [0.15, 0.2) is 0 Å². The van der Waals surface area contributed by atoms with Gasteiger partial charge in [-0.1, -0.05) is 0 Å². The summed E-state index contributed by atoms with van der Waals surface area (Å²) in [5.41, 5.74) is 21.6. The van der Waals surface area contributed by atoms with E-state index in [9.17, 15) is 45.6 Å². The van der Waals surface area contributed by atoms with E-state index in [4.69, 9.17) is 41.9 Å². The maximum absolute atomic E-state index is 12.9. The molecule has 0 aromatic heterocycles. The molecule has 17 atom stereocenters. The number of hydrogen-bond donors (Lipinski definition) is 14. The summed E-state index contributed by atoms with van der Waals surface area (Å²) in [4.78, 5) is 12.9. The van der Waals surface area contributed by atoms with Crippen LogP contribution >= 0.6 is 0 Å². The van der Waals surface area contributed by atoms with E-state index >= 15 is 0 Å². The number of aliphatic hydroxyl groups is 8. The molecule has 18 N–H and O–H groups in total. The molecular formula is C25H48N6O13. The summed E-state index contributed by atoms with van der Waals surface area (Å²) < 4.78 is 23.0. The fourth-order valence-corrected chi connectivity index (χ4v) is 5.78.